The molecule has 0 amide bonds. The van der Waals surface area contributed by atoms with E-state index in [1.807, 2.05) is 0 Å². The topological polar surface area (TPSA) is 105 Å². The Labute approximate surface area is 262 Å². The summed E-state index contributed by atoms with van der Waals surface area (Å²) in [7, 11) is 1.68. The van der Waals surface area contributed by atoms with Crippen LogP contribution >= 0.6 is 0 Å². The molecule has 6 rings (SSSR count). The molecule has 10 heteroatoms. The fourth-order valence-electron chi connectivity index (χ4n) is 8.99. The molecule has 44 heavy (non-hydrogen) atoms. The summed E-state index contributed by atoms with van der Waals surface area (Å²) in [6, 6.07) is -0.0209. The lowest BCUT2D eigenvalue weighted by atomic mass is 9.76. The summed E-state index contributed by atoms with van der Waals surface area (Å²) in [6.07, 6.45) is 9.51. The van der Waals surface area contributed by atoms with Crippen LogP contribution in [0.15, 0.2) is 23.2 Å². The van der Waals surface area contributed by atoms with Gasteiger partial charge in [-0.25, -0.2) is 4.39 Å². The van der Waals surface area contributed by atoms with Crippen molar-refractivity contribution in [3.8, 4) is 0 Å². The largest absolute Gasteiger partial charge is 0.497 e. The first-order chi connectivity index (χ1) is 21.5. The lowest BCUT2D eigenvalue weighted by Crippen LogP contribution is -2.60. The van der Waals surface area contributed by atoms with E-state index in [0.717, 1.165) is 76.1 Å². The molecule has 3 aliphatic heterocycles. The summed E-state index contributed by atoms with van der Waals surface area (Å²) in [4.78, 5) is 2.15. The molecule has 9 nitrogen and oxygen atoms in total. The minimum atomic E-state index is -1.13. The Balaban J connectivity index is 1.05. The number of alkyl halides is 1. The van der Waals surface area contributed by atoms with Crippen molar-refractivity contribution in [2.75, 3.05) is 40.0 Å². The quantitative estimate of drug-likeness (QED) is 0.215. The van der Waals surface area contributed by atoms with Crippen molar-refractivity contribution in [3.63, 3.8) is 0 Å². The number of hydrogen-bond donors (Lipinski definition) is 4. The molecule has 4 N–H and O–H groups in total. The Morgan fingerprint density at radius 1 is 1.18 bits per heavy atom. The van der Waals surface area contributed by atoms with E-state index in [1.54, 1.807) is 7.11 Å². The molecule has 0 spiro atoms. The van der Waals surface area contributed by atoms with Gasteiger partial charge in [-0.3, -0.25) is 10.2 Å². The van der Waals surface area contributed by atoms with E-state index in [4.69, 9.17) is 18.9 Å². The highest BCUT2D eigenvalue weighted by molar-refractivity contribution is 5.20. The molecule has 0 bridgehead atoms. The van der Waals surface area contributed by atoms with Crippen LogP contribution in [0.1, 0.15) is 84.0 Å². The van der Waals surface area contributed by atoms with E-state index in [0.29, 0.717) is 32.5 Å². The molecule has 0 aromatic rings. The number of allylic oxidation sites excluding steroid dienone is 1. The highest BCUT2D eigenvalue weighted by Crippen LogP contribution is 2.42. The molecule has 250 valence electrons. The van der Waals surface area contributed by atoms with Crippen molar-refractivity contribution in [1.29, 1.82) is 0 Å². The molecule has 1 saturated carbocycles. The monoisotopic (exact) mass is 621 g/mol. The van der Waals surface area contributed by atoms with Gasteiger partial charge in [0.15, 0.2) is 5.76 Å². The van der Waals surface area contributed by atoms with Crippen LogP contribution in [0.5, 0.6) is 0 Å². The van der Waals surface area contributed by atoms with E-state index in [1.165, 1.54) is 18.4 Å². The van der Waals surface area contributed by atoms with Gasteiger partial charge in [0.05, 0.1) is 25.9 Å². The molecule has 0 aromatic carbocycles. The van der Waals surface area contributed by atoms with Crippen LogP contribution in [0.3, 0.4) is 0 Å². The van der Waals surface area contributed by atoms with Gasteiger partial charge in [-0.15, -0.1) is 0 Å². The number of nitrogens with one attached hydrogen (secondary N) is 2. The molecular formula is C34H56FN3O6. The van der Waals surface area contributed by atoms with Crippen molar-refractivity contribution < 1.29 is 33.6 Å². The third kappa shape index (κ3) is 7.16. The van der Waals surface area contributed by atoms with Crippen molar-refractivity contribution in [2.45, 2.75) is 133 Å². The predicted octanol–water partition coefficient (Wildman–Crippen LogP) is 3.75. The average molecular weight is 622 g/mol. The summed E-state index contributed by atoms with van der Waals surface area (Å²) in [6.45, 7) is 5.63. The van der Waals surface area contributed by atoms with Gasteiger partial charge in [0.25, 0.3) is 0 Å². The number of piperidine rings is 2. The van der Waals surface area contributed by atoms with Gasteiger partial charge in [-0.2, -0.15) is 0 Å². The normalized spacial score (nSPS) is 40.8. The number of nitrogens with zero attached hydrogens (tertiary/aromatic N) is 1. The smallest absolute Gasteiger partial charge is 0.163 e. The first-order valence-electron chi connectivity index (χ1n) is 17.5. The summed E-state index contributed by atoms with van der Waals surface area (Å²) in [5.74, 6) is 1.59. The third-order valence-electron chi connectivity index (χ3n) is 11.2. The second-order valence-electron chi connectivity index (χ2n) is 14.0. The van der Waals surface area contributed by atoms with Gasteiger partial charge < -0.3 is 34.5 Å². The van der Waals surface area contributed by atoms with E-state index in [9.17, 15) is 10.2 Å². The second kappa shape index (κ2) is 15.1. The Morgan fingerprint density at radius 3 is 2.84 bits per heavy atom. The fraction of sp³-hybridized carbons (Fsp3) is 0.882. The highest BCUT2D eigenvalue weighted by Gasteiger charge is 2.50. The van der Waals surface area contributed by atoms with Gasteiger partial charge >= 0.3 is 0 Å². The number of likely N-dealkylation sites (tertiary alicyclic amines) is 1. The molecule has 11 unspecified atom stereocenters. The molecule has 11 atom stereocenters. The molecule has 3 heterocycles. The molecule has 0 radical (unpaired) electrons. The molecule has 6 aliphatic rings. The average Bonchev–Trinajstić information content (AvgIpc) is 3.04. The number of aliphatic hydroxyl groups is 2. The second-order valence-corrected chi connectivity index (χ2v) is 14.0. The van der Waals surface area contributed by atoms with Crippen LogP contribution in [0.4, 0.5) is 4.39 Å². The third-order valence-corrected chi connectivity index (χ3v) is 11.2. The Morgan fingerprint density at radius 2 is 2.07 bits per heavy atom. The number of rotatable bonds is 10. The van der Waals surface area contributed by atoms with Gasteiger partial charge in [-0.05, 0) is 70.3 Å². The molecule has 0 aromatic heterocycles. The van der Waals surface area contributed by atoms with Crippen molar-refractivity contribution >= 4 is 0 Å². The zero-order valence-corrected chi connectivity index (χ0v) is 26.8. The lowest BCUT2D eigenvalue weighted by Gasteiger charge is -2.49. The number of halogens is 1. The number of fused-ring (bicyclic) bond motifs is 3. The molecule has 4 fully saturated rings. The van der Waals surface area contributed by atoms with Gasteiger partial charge in [0.1, 0.15) is 37.1 Å². The summed E-state index contributed by atoms with van der Waals surface area (Å²) in [5, 5.41) is 30.0. The summed E-state index contributed by atoms with van der Waals surface area (Å²) in [5.41, 5.74) is 1.41. The number of ether oxygens (including phenoxy) is 4. The fourth-order valence-corrected chi connectivity index (χ4v) is 8.99. The van der Waals surface area contributed by atoms with E-state index in [2.05, 4.69) is 28.5 Å². The maximum absolute atomic E-state index is 15.8. The standard InChI is InChI=1S/C34H56FN3O6/c1-3-7-22-13-15-38(20-21-8-5-4-6-9-21)34(40)29(22)33(39)37-23-10-11-26(24(35)18-23)44-27-12-14-36-25-19-28(41-2)31-32(30(25)27)43-17-16-42-31/h8,22-27,29-30,32-34,36-37,39-40H,3-7,9-20H2,1-2H3. The predicted molar refractivity (Wildman–Crippen MR) is 165 cm³/mol. The summed E-state index contributed by atoms with van der Waals surface area (Å²) < 4.78 is 40.2. The van der Waals surface area contributed by atoms with Crippen molar-refractivity contribution in [3.05, 3.63) is 23.2 Å². The molecule has 3 aliphatic carbocycles. The maximum Gasteiger partial charge on any atom is 0.163 e. The van der Waals surface area contributed by atoms with E-state index in [-0.39, 0.29) is 42.0 Å². The Kier molecular flexibility index (Phi) is 11.2. The molecular weight excluding hydrogens is 565 g/mol. The van der Waals surface area contributed by atoms with Crippen molar-refractivity contribution in [2.24, 2.45) is 17.8 Å². The van der Waals surface area contributed by atoms with Gasteiger partial charge in [-0.1, -0.05) is 31.4 Å². The Hall–Kier alpha value is -1.27. The number of methoxy groups -OCH3 is 1. The zero-order valence-electron chi connectivity index (χ0n) is 26.8. The van der Waals surface area contributed by atoms with Gasteiger partial charge in [0, 0.05) is 43.4 Å². The number of hydrogen-bond acceptors (Lipinski definition) is 9. The van der Waals surface area contributed by atoms with E-state index >= 15 is 4.39 Å². The highest BCUT2D eigenvalue weighted by atomic mass is 19.1. The van der Waals surface area contributed by atoms with Crippen molar-refractivity contribution in [1.82, 2.24) is 15.5 Å². The first-order valence-corrected chi connectivity index (χ1v) is 17.5. The van der Waals surface area contributed by atoms with Crippen LogP contribution in [0, 0.1) is 17.8 Å². The Bertz CT molecular complexity index is 1010. The van der Waals surface area contributed by atoms with Crippen LogP contribution in [-0.4, -0.2) is 104 Å². The van der Waals surface area contributed by atoms with Crippen LogP contribution in [0.25, 0.3) is 0 Å². The molecule has 3 saturated heterocycles. The van der Waals surface area contributed by atoms with Crippen LogP contribution < -0.4 is 10.6 Å². The minimum Gasteiger partial charge on any atom is -0.497 e. The lowest BCUT2D eigenvalue weighted by molar-refractivity contribution is -0.164. The SMILES string of the molecule is CCCC1CCN(CC2=CCCCC2)C(O)C1C(O)NC1CCC(OC2CCNC3CC(OC)=C4OCCOC4C32)C(F)C1. The van der Waals surface area contributed by atoms with Gasteiger partial charge in [0.2, 0.25) is 0 Å². The number of aliphatic hydroxyl groups excluding tert-OH is 2. The van der Waals surface area contributed by atoms with Crippen LogP contribution in [0.2, 0.25) is 0 Å². The summed E-state index contributed by atoms with van der Waals surface area (Å²) >= 11 is 0. The van der Waals surface area contributed by atoms with Crippen LogP contribution in [-0.2, 0) is 18.9 Å². The van der Waals surface area contributed by atoms with E-state index < -0.39 is 24.7 Å². The maximum atomic E-state index is 15.8. The first kappa shape index (κ1) is 32.7. The zero-order chi connectivity index (χ0) is 30.6. The minimum absolute atomic E-state index is 0.0402.